The number of likely N-dealkylation sites (tertiary alicyclic amines) is 1. The highest BCUT2D eigenvalue weighted by molar-refractivity contribution is 5.85. The molecule has 1 atom stereocenters. The van der Waals surface area contributed by atoms with Crippen LogP contribution >= 0.6 is 0 Å². The maximum Gasteiger partial charge on any atom is 0.408 e. The number of alkyl carbamates (subject to hydrolysis) is 1. The summed E-state index contributed by atoms with van der Waals surface area (Å²) in [5, 5.41) is 11.2. The van der Waals surface area contributed by atoms with Gasteiger partial charge >= 0.3 is 12.1 Å². The molecule has 142 valence electrons. The smallest absolute Gasteiger partial charge is 0.408 e. The number of aliphatic carboxylic acids is 1. The number of nitrogens with zero attached hydrogens (tertiary/aromatic N) is 1. The lowest BCUT2D eigenvalue weighted by Gasteiger charge is -2.33. The summed E-state index contributed by atoms with van der Waals surface area (Å²) in [6, 6.07) is 8.57. The van der Waals surface area contributed by atoms with Crippen molar-refractivity contribution in [1.82, 2.24) is 10.2 Å². The minimum Gasteiger partial charge on any atom is -0.480 e. The number of amides is 2. The molecular formula is C18H24N2O6. The quantitative estimate of drug-likeness (QED) is 0.758. The number of carbonyl (C=O) groups excluding carboxylic acids is 2. The minimum absolute atomic E-state index is 0.139. The summed E-state index contributed by atoms with van der Waals surface area (Å²) in [7, 11) is 0. The van der Waals surface area contributed by atoms with E-state index in [0.717, 1.165) is 5.56 Å². The third-order valence-electron chi connectivity index (χ3n) is 4.11. The van der Waals surface area contributed by atoms with Gasteiger partial charge in [-0.2, -0.15) is 0 Å². The zero-order valence-electron chi connectivity index (χ0n) is 14.7. The van der Waals surface area contributed by atoms with E-state index in [-0.39, 0.29) is 25.2 Å². The Morgan fingerprint density at radius 2 is 1.88 bits per heavy atom. The summed E-state index contributed by atoms with van der Waals surface area (Å²) in [5.74, 6) is -1.20. The Balaban J connectivity index is 1.70. The van der Waals surface area contributed by atoms with Gasteiger partial charge in [-0.15, -0.1) is 0 Å². The van der Waals surface area contributed by atoms with Gasteiger partial charge in [0.15, 0.2) is 0 Å². The van der Waals surface area contributed by atoms with Crippen molar-refractivity contribution in [3.05, 3.63) is 35.9 Å². The van der Waals surface area contributed by atoms with Crippen molar-refractivity contribution in [2.75, 3.05) is 19.7 Å². The molecule has 1 aliphatic rings. The maximum absolute atomic E-state index is 12.4. The third kappa shape index (κ3) is 6.36. The van der Waals surface area contributed by atoms with Crippen LogP contribution in [0.15, 0.2) is 30.3 Å². The summed E-state index contributed by atoms with van der Waals surface area (Å²) in [6.07, 6.45) is 0.345. The topological polar surface area (TPSA) is 105 Å². The number of piperidine rings is 1. The number of hydrogen-bond donors (Lipinski definition) is 2. The van der Waals surface area contributed by atoms with E-state index >= 15 is 0 Å². The van der Waals surface area contributed by atoms with Gasteiger partial charge < -0.3 is 24.8 Å². The lowest BCUT2D eigenvalue weighted by Crippen LogP contribution is -2.50. The maximum atomic E-state index is 12.4. The van der Waals surface area contributed by atoms with Gasteiger partial charge in [-0.1, -0.05) is 30.3 Å². The fourth-order valence-electron chi connectivity index (χ4n) is 2.71. The lowest BCUT2D eigenvalue weighted by molar-refractivity contribution is -0.147. The second-order valence-electron chi connectivity index (χ2n) is 6.16. The molecule has 8 nitrogen and oxygen atoms in total. The van der Waals surface area contributed by atoms with E-state index in [2.05, 4.69) is 5.32 Å². The predicted octanol–water partition coefficient (Wildman–Crippen LogP) is 1.39. The van der Waals surface area contributed by atoms with Crippen LogP contribution in [0.2, 0.25) is 0 Å². The van der Waals surface area contributed by atoms with Crippen molar-refractivity contribution in [3.8, 4) is 0 Å². The van der Waals surface area contributed by atoms with Gasteiger partial charge in [-0.05, 0) is 25.3 Å². The van der Waals surface area contributed by atoms with E-state index in [1.807, 2.05) is 30.3 Å². The van der Waals surface area contributed by atoms with Crippen molar-refractivity contribution < 1.29 is 29.0 Å². The van der Waals surface area contributed by atoms with Crippen LogP contribution in [-0.4, -0.2) is 59.8 Å². The molecule has 0 saturated carbocycles. The molecular weight excluding hydrogens is 340 g/mol. The number of carboxylic acids is 1. The van der Waals surface area contributed by atoms with Gasteiger partial charge in [0.1, 0.15) is 19.3 Å². The second-order valence-corrected chi connectivity index (χ2v) is 6.16. The molecule has 0 unspecified atom stereocenters. The molecule has 26 heavy (non-hydrogen) atoms. The highest BCUT2D eigenvalue weighted by atomic mass is 16.5. The molecule has 8 heteroatoms. The molecule has 2 amide bonds. The van der Waals surface area contributed by atoms with Gasteiger partial charge in [0.2, 0.25) is 5.91 Å². The molecule has 1 saturated heterocycles. The molecule has 1 fully saturated rings. The number of hydrogen-bond acceptors (Lipinski definition) is 5. The van der Waals surface area contributed by atoms with Crippen LogP contribution in [-0.2, 0) is 25.7 Å². The summed E-state index contributed by atoms with van der Waals surface area (Å²) >= 11 is 0. The van der Waals surface area contributed by atoms with Gasteiger partial charge in [-0.3, -0.25) is 4.79 Å². The summed E-state index contributed by atoms with van der Waals surface area (Å²) < 4.78 is 10.4. The van der Waals surface area contributed by atoms with Crippen LogP contribution in [0.4, 0.5) is 4.79 Å². The first-order valence-corrected chi connectivity index (χ1v) is 8.55. The predicted molar refractivity (Wildman–Crippen MR) is 92.4 cm³/mol. The number of carbonyl (C=O) groups is 3. The molecule has 1 aromatic rings. The molecule has 1 aromatic carbocycles. The number of benzene rings is 1. The Kier molecular flexibility index (Phi) is 7.40. The Bertz CT molecular complexity index is 613. The third-order valence-corrected chi connectivity index (χ3v) is 4.11. The Morgan fingerprint density at radius 1 is 1.23 bits per heavy atom. The van der Waals surface area contributed by atoms with Crippen LogP contribution < -0.4 is 5.32 Å². The van der Waals surface area contributed by atoms with Crippen LogP contribution in [0.25, 0.3) is 0 Å². The molecule has 2 N–H and O–H groups in total. The van der Waals surface area contributed by atoms with E-state index in [1.165, 1.54) is 0 Å². The first-order chi connectivity index (χ1) is 12.5. The SMILES string of the molecule is C[C@H](NC(=O)OCc1ccccc1)C(=O)N1CCC(OCC(=O)O)CC1. The van der Waals surface area contributed by atoms with Gasteiger partial charge in [-0.25, -0.2) is 9.59 Å². The molecule has 2 rings (SSSR count). The van der Waals surface area contributed by atoms with Crippen LogP contribution in [0, 0.1) is 0 Å². The van der Waals surface area contributed by atoms with E-state index in [0.29, 0.717) is 25.9 Å². The van der Waals surface area contributed by atoms with Gasteiger partial charge in [0.25, 0.3) is 0 Å². The minimum atomic E-state index is -1.00. The van der Waals surface area contributed by atoms with Gasteiger partial charge in [0, 0.05) is 13.1 Å². The molecule has 0 bridgehead atoms. The zero-order valence-corrected chi connectivity index (χ0v) is 14.7. The standard InChI is InChI=1S/C18H24N2O6/c1-13(19-18(24)26-11-14-5-3-2-4-6-14)17(23)20-9-7-15(8-10-20)25-12-16(21)22/h2-6,13,15H,7-12H2,1H3,(H,19,24)(H,21,22)/t13-/m0/s1. The van der Waals surface area contributed by atoms with Crippen molar-refractivity contribution >= 4 is 18.0 Å². The molecule has 0 spiro atoms. The van der Waals surface area contributed by atoms with E-state index in [1.54, 1.807) is 11.8 Å². The van der Waals surface area contributed by atoms with Crippen molar-refractivity contribution in [2.24, 2.45) is 0 Å². The molecule has 1 heterocycles. The highest BCUT2D eigenvalue weighted by Gasteiger charge is 2.27. The van der Waals surface area contributed by atoms with E-state index in [9.17, 15) is 14.4 Å². The summed E-state index contributed by atoms with van der Waals surface area (Å²) in [6.45, 7) is 2.35. The summed E-state index contributed by atoms with van der Waals surface area (Å²) in [5.41, 5.74) is 0.866. The molecule has 0 radical (unpaired) electrons. The zero-order chi connectivity index (χ0) is 18.9. The monoisotopic (exact) mass is 364 g/mol. The first-order valence-electron chi connectivity index (χ1n) is 8.55. The van der Waals surface area contributed by atoms with E-state index < -0.39 is 18.1 Å². The molecule has 0 aliphatic carbocycles. The number of rotatable bonds is 7. The summed E-state index contributed by atoms with van der Waals surface area (Å²) in [4.78, 5) is 36.4. The van der Waals surface area contributed by atoms with E-state index in [4.69, 9.17) is 14.6 Å². The number of ether oxygens (including phenoxy) is 2. The number of carboxylic acid groups (broad SMARTS) is 1. The highest BCUT2D eigenvalue weighted by Crippen LogP contribution is 2.14. The Labute approximate surface area is 152 Å². The Hall–Kier alpha value is -2.61. The fourth-order valence-corrected chi connectivity index (χ4v) is 2.71. The normalized spacial score (nSPS) is 16.0. The largest absolute Gasteiger partial charge is 0.480 e. The first kappa shape index (κ1) is 19.7. The van der Waals surface area contributed by atoms with Crippen molar-refractivity contribution in [2.45, 2.75) is 38.5 Å². The van der Waals surface area contributed by atoms with Gasteiger partial charge in [0.05, 0.1) is 6.10 Å². The fraction of sp³-hybridized carbons (Fsp3) is 0.500. The van der Waals surface area contributed by atoms with Crippen LogP contribution in [0.5, 0.6) is 0 Å². The Morgan fingerprint density at radius 3 is 2.50 bits per heavy atom. The average molecular weight is 364 g/mol. The van der Waals surface area contributed by atoms with Crippen LogP contribution in [0.3, 0.4) is 0 Å². The average Bonchev–Trinajstić information content (AvgIpc) is 2.65. The van der Waals surface area contributed by atoms with Crippen LogP contribution in [0.1, 0.15) is 25.3 Å². The number of nitrogens with one attached hydrogen (secondary N) is 1. The second kappa shape index (κ2) is 9.76. The molecule has 0 aromatic heterocycles. The van der Waals surface area contributed by atoms with Crippen molar-refractivity contribution in [3.63, 3.8) is 0 Å². The lowest BCUT2D eigenvalue weighted by atomic mass is 10.1. The molecule has 1 aliphatic heterocycles. The van der Waals surface area contributed by atoms with Crippen molar-refractivity contribution in [1.29, 1.82) is 0 Å².